The molecule has 0 atom stereocenters. The molecule has 0 aliphatic heterocycles. The molecular formula is C19H15ClN4O2. The SMILES string of the molecule is CCc1cc2oc(=O)cc(Cn3nnc(-c4ccccc4)n3)c2cc1Cl. The normalized spacial score (nSPS) is 11.2. The highest BCUT2D eigenvalue weighted by Gasteiger charge is 2.12. The van der Waals surface area contributed by atoms with Crippen molar-refractivity contribution in [2.75, 3.05) is 0 Å². The van der Waals surface area contributed by atoms with Crippen LogP contribution in [0.3, 0.4) is 0 Å². The van der Waals surface area contributed by atoms with Crippen LogP contribution >= 0.6 is 11.6 Å². The van der Waals surface area contributed by atoms with E-state index in [1.54, 1.807) is 0 Å². The van der Waals surface area contributed by atoms with Crippen molar-refractivity contribution in [3.05, 3.63) is 75.1 Å². The molecule has 0 N–H and O–H groups in total. The molecule has 0 radical (unpaired) electrons. The molecule has 0 fully saturated rings. The second-order valence-corrected chi connectivity index (χ2v) is 6.30. The lowest BCUT2D eigenvalue weighted by Crippen LogP contribution is -2.08. The number of nitrogens with zero attached hydrogens (tertiary/aromatic N) is 4. The van der Waals surface area contributed by atoms with E-state index in [0.29, 0.717) is 23.0 Å². The largest absolute Gasteiger partial charge is 0.423 e. The lowest BCUT2D eigenvalue weighted by atomic mass is 10.1. The predicted molar refractivity (Wildman–Crippen MR) is 99.2 cm³/mol. The number of halogens is 1. The molecule has 2 aromatic carbocycles. The quantitative estimate of drug-likeness (QED) is 0.515. The minimum Gasteiger partial charge on any atom is -0.423 e. The summed E-state index contributed by atoms with van der Waals surface area (Å²) in [5, 5.41) is 14.0. The van der Waals surface area contributed by atoms with Crippen molar-refractivity contribution in [1.82, 2.24) is 20.2 Å². The summed E-state index contributed by atoms with van der Waals surface area (Å²) in [7, 11) is 0. The van der Waals surface area contributed by atoms with Gasteiger partial charge in [0.1, 0.15) is 5.58 Å². The number of hydrogen-bond acceptors (Lipinski definition) is 5. The standard InChI is InChI=1S/C19H15ClN4O2/c1-2-12-8-17-15(10-16(12)20)14(9-18(25)26-17)11-24-22-19(21-23-24)13-6-4-3-5-7-13/h3-10H,2,11H2,1H3. The number of fused-ring (bicyclic) bond motifs is 1. The van der Waals surface area contributed by atoms with Crippen molar-refractivity contribution >= 4 is 22.6 Å². The third-order valence-corrected chi connectivity index (χ3v) is 4.53. The average Bonchev–Trinajstić information content (AvgIpc) is 3.11. The number of benzene rings is 2. The van der Waals surface area contributed by atoms with Gasteiger partial charge in [0.05, 0.1) is 6.54 Å². The number of tetrazole rings is 1. The second kappa shape index (κ2) is 6.72. The second-order valence-electron chi connectivity index (χ2n) is 5.89. The van der Waals surface area contributed by atoms with E-state index in [-0.39, 0.29) is 0 Å². The first-order chi connectivity index (χ1) is 12.6. The van der Waals surface area contributed by atoms with Crippen molar-refractivity contribution in [3.8, 4) is 11.4 Å². The van der Waals surface area contributed by atoms with E-state index in [0.717, 1.165) is 28.5 Å². The van der Waals surface area contributed by atoms with E-state index in [1.807, 2.05) is 49.4 Å². The summed E-state index contributed by atoms with van der Waals surface area (Å²) in [6.45, 7) is 2.29. The number of aromatic nitrogens is 4. The maximum absolute atomic E-state index is 11.9. The Morgan fingerprint density at radius 2 is 1.92 bits per heavy atom. The molecule has 0 spiro atoms. The van der Waals surface area contributed by atoms with Gasteiger partial charge < -0.3 is 4.42 Å². The zero-order chi connectivity index (χ0) is 18.1. The number of hydrogen-bond donors (Lipinski definition) is 0. The molecule has 0 amide bonds. The molecule has 6 nitrogen and oxygen atoms in total. The molecule has 26 heavy (non-hydrogen) atoms. The van der Waals surface area contributed by atoms with Crippen molar-refractivity contribution in [3.63, 3.8) is 0 Å². The summed E-state index contributed by atoms with van der Waals surface area (Å²) in [5.41, 5.74) is 2.65. The van der Waals surface area contributed by atoms with Crippen molar-refractivity contribution in [2.24, 2.45) is 0 Å². The lowest BCUT2D eigenvalue weighted by Gasteiger charge is -2.07. The summed E-state index contributed by atoms with van der Waals surface area (Å²) in [6.07, 6.45) is 0.758. The topological polar surface area (TPSA) is 73.8 Å². The van der Waals surface area contributed by atoms with Gasteiger partial charge in [-0.3, -0.25) is 0 Å². The molecular weight excluding hydrogens is 352 g/mol. The molecule has 7 heteroatoms. The van der Waals surface area contributed by atoms with Gasteiger partial charge in [0.2, 0.25) is 5.82 Å². The summed E-state index contributed by atoms with van der Waals surface area (Å²) in [6, 6.07) is 14.7. The van der Waals surface area contributed by atoms with E-state index < -0.39 is 5.63 Å². The van der Waals surface area contributed by atoms with Crippen LogP contribution in [-0.4, -0.2) is 20.2 Å². The molecule has 4 rings (SSSR count). The number of aryl methyl sites for hydroxylation is 1. The van der Waals surface area contributed by atoms with Gasteiger partial charge in [0, 0.05) is 22.0 Å². The highest BCUT2D eigenvalue weighted by atomic mass is 35.5. The van der Waals surface area contributed by atoms with E-state index in [4.69, 9.17) is 16.0 Å². The van der Waals surface area contributed by atoms with Gasteiger partial charge in [-0.1, -0.05) is 48.9 Å². The molecule has 0 aliphatic rings. The maximum atomic E-state index is 11.9. The fraction of sp³-hybridized carbons (Fsp3) is 0.158. The summed E-state index contributed by atoms with van der Waals surface area (Å²) >= 11 is 6.33. The summed E-state index contributed by atoms with van der Waals surface area (Å²) in [5.74, 6) is 0.532. The van der Waals surface area contributed by atoms with Gasteiger partial charge in [-0.15, -0.1) is 10.2 Å². The Labute approximate surface area is 154 Å². The van der Waals surface area contributed by atoms with Gasteiger partial charge in [0.25, 0.3) is 0 Å². The van der Waals surface area contributed by atoms with E-state index in [2.05, 4.69) is 15.4 Å². The van der Waals surface area contributed by atoms with Crippen LogP contribution in [0.4, 0.5) is 0 Å². The summed E-state index contributed by atoms with van der Waals surface area (Å²) < 4.78 is 5.33. The molecule has 4 aromatic rings. The highest BCUT2D eigenvalue weighted by molar-refractivity contribution is 6.32. The van der Waals surface area contributed by atoms with E-state index in [1.165, 1.54) is 10.9 Å². The number of rotatable bonds is 4. The van der Waals surface area contributed by atoms with Gasteiger partial charge in [0.15, 0.2) is 0 Å². The van der Waals surface area contributed by atoms with Gasteiger partial charge in [-0.2, -0.15) is 4.80 Å². The van der Waals surface area contributed by atoms with Crippen LogP contribution in [0.15, 0.2) is 57.7 Å². The first-order valence-electron chi connectivity index (χ1n) is 8.22. The first-order valence-corrected chi connectivity index (χ1v) is 8.60. The van der Waals surface area contributed by atoms with Crippen molar-refractivity contribution in [2.45, 2.75) is 19.9 Å². The van der Waals surface area contributed by atoms with Gasteiger partial charge >= 0.3 is 5.63 Å². The first kappa shape index (κ1) is 16.5. The predicted octanol–water partition coefficient (Wildman–Crippen LogP) is 3.71. The van der Waals surface area contributed by atoms with Crippen LogP contribution in [0.2, 0.25) is 5.02 Å². The van der Waals surface area contributed by atoms with E-state index in [9.17, 15) is 4.79 Å². The van der Waals surface area contributed by atoms with Crippen molar-refractivity contribution < 1.29 is 4.42 Å². The Morgan fingerprint density at radius 1 is 1.12 bits per heavy atom. The highest BCUT2D eigenvalue weighted by Crippen LogP contribution is 2.26. The summed E-state index contributed by atoms with van der Waals surface area (Å²) in [4.78, 5) is 13.4. The zero-order valence-electron chi connectivity index (χ0n) is 14.0. The molecule has 2 aromatic heterocycles. The van der Waals surface area contributed by atoms with Crippen LogP contribution in [0, 0.1) is 0 Å². The molecule has 2 heterocycles. The Balaban J connectivity index is 1.75. The smallest absolute Gasteiger partial charge is 0.336 e. The fourth-order valence-electron chi connectivity index (χ4n) is 2.86. The zero-order valence-corrected chi connectivity index (χ0v) is 14.8. The Kier molecular flexibility index (Phi) is 4.26. The van der Waals surface area contributed by atoms with Crippen LogP contribution < -0.4 is 5.63 Å². The molecule has 0 unspecified atom stereocenters. The van der Waals surface area contributed by atoms with Crippen molar-refractivity contribution in [1.29, 1.82) is 0 Å². The maximum Gasteiger partial charge on any atom is 0.336 e. The monoisotopic (exact) mass is 366 g/mol. The van der Waals surface area contributed by atoms with Crippen LogP contribution in [0.5, 0.6) is 0 Å². The minimum atomic E-state index is -0.416. The molecule has 0 saturated carbocycles. The lowest BCUT2D eigenvalue weighted by molar-refractivity contribution is 0.545. The van der Waals surface area contributed by atoms with Gasteiger partial charge in [-0.05, 0) is 34.9 Å². The minimum absolute atomic E-state index is 0.295. The van der Waals surface area contributed by atoms with Gasteiger partial charge in [-0.25, -0.2) is 4.79 Å². The third-order valence-electron chi connectivity index (χ3n) is 4.17. The Bertz CT molecular complexity index is 1140. The Morgan fingerprint density at radius 3 is 2.69 bits per heavy atom. The van der Waals surface area contributed by atoms with Crippen LogP contribution in [0.1, 0.15) is 18.1 Å². The molecule has 0 aliphatic carbocycles. The molecule has 0 bridgehead atoms. The van der Waals surface area contributed by atoms with E-state index >= 15 is 0 Å². The van der Waals surface area contributed by atoms with Crippen LogP contribution in [0.25, 0.3) is 22.4 Å². The molecule has 0 saturated heterocycles. The Hall–Kier alpha value is -2.99. The van der Waals surface area contributed by atoms with Crippen LogP contribution in [-0.2, 0) is 13.0 Å². The molecule has 130 valence electrons. The third kappa shape index (κ3) is 3.11. The fourth-order valence-corrected chi connectivity index (χ4v) is 3.15. The average molecular weight is 367 g/mol.